The monoisotopic (exact) mass is 374 g/mol. The fraction of sp³-hybridized carbons (Fsp3) is 0.222. The Balaban J connectivity index is 1.69. The molecule has 0 aliphatic rings. The Morgan fingerprint density at radius 3 is 2.40 bits per heavy atom. The molecule has 25 heavy (non-hydrogen) atoms. The van der Waals surface area contributed by atoms with Gasteiger partial charge >= 0.3 is 0 Å². The van der Waals surface area contributed by atoms with Gasteiger partial charge in [0.05, 0.1) is 28.0 Å². The van der Waals surface area contributed by atoms with Crippen LogP contribution in [0.4, 0.5) is 0 Å². The predicted octanol–water partition coefficient (Wildman–Crippen LogP) is 2.38. The van der Waals surface area contributed by atoms with Crippen LogP contribution >= 0.6 is 11.8 Å². The minimum atomic E-state index is -3.37. The Hall–Kier alpha value is -2.30. The standard InChI is InChI=1S/C18H18N2O3S2/c19-12-15-6-8-16(9-7-15)13-24-14-18(21)20-10-11-25(22,23)17-4-2-1-3-5-17/h1-9H,10-11,13-14H2,(H,20,21). The van der Waals surface area contributed by atoms with Gasteiger partial charge in [-0.25, -0.2) is 8.42 Å². The van der Waals surface area contributed by atoms with Gasteiger partial charge in [-0.1, -0.05) is 30.3 Å². The molecule has 0 aliphatic carbocycles. The molecule has 2 aromatic rings. The molecule has 0 saturated carbocycles. The van der Waals surface area contributed by atoms with Crippen LogP contribution in [0.5, 0.6) is 0 Å². The van der Waals surface area contributed by atoms with Crippen LogP contribution in [0.25, 0.3) is 0 Å². The van der Waals surface area contributed by atoms with Crippen molar-refractivity contribution >= 4 is 27.5 Å². The van der Waals surface area contributed by atoms with E-state index in [-0.39, 0.29) is 28.9 Å². The normalized spacial score (nSPS) is 10.8. The maximum Gasteiger partial charge on any atom is 0.230 e. The van der Waals surface area contributed by atoms with E-state index < -0.39 is 9.84 Å². The smallest absolute Gasteiger partial charge is 0.230 e. The lowest BCUT2D eigenvalue weighted by atomic mass is 10.2. The molecule has 0 atom stereocenters. The molecule has 0 aliphatic heterocycles. The zero-order chi connectivity index (χ0) is 18.1. The summed E-state index contributed by atoms with van der Waals surface area (Å²) in [7, 11) is -3.37. The van der Waals surface area contributed by atoms with E-state index in [1.807, 2.05) is 12.1 Å². The zero-order valence-electron chi connectivity index (χ0n) is 13.5. The molecule has 1 amide bonds. The molecule has 0 unspecified atom stereocenters. The van der Waals surface area contributed by atoms with Gasteiger partial charge in [-0.3, -0.25) is 4.79 Å². The number of rotatable bonds is 8. The second kappa shape index (κ2) is 9.25. The van der Waals surface area contributed by atoms with E-state index >= 15 is 0 Å². The van der Waals surface area contributed by atoms with E-state index in [9.17, 15) is 13.2 Å². The van der Waals surface area contributed by atoms with Gasteiger partial charge in [0.1, 0.15) is 0 Å². The highest BCUT2D eigenvalue weighted by atomic mass is 32.2. The molecule has 130 valence electrons. The van der Waals surface area contributed by atoms with Crippen molar-refractivity contribution in [2.75, 3.05) is 18.1 Å². The van der Waals surface area contributed by atoms with Gasteiger partial charge in [0.2, 0.25) is 5.91 Å². The largest absolute Gasteiger partial charge is 0.354 e. The number of amides is 1. The molecule has 2 rings (SSSR count). The summed E-state index contributed by atoms with van der Waals surface area (Å²) in [6.45, 7) is 0.0908. The van der Waals surface area contributed by atoms with Gasteiger partial charge in [-0.2, -0.15) is 5.26 Å². The number of carbonyl (C=O) groups is 1. The Morgan fingerprint density at radius 2 is 1.76 bits per heavy atom. The minimum Gasteiger partial charge on any atom is -0.354 e. The first kappa shape index (κ1) is 19.0. The third kappa shape index (κ3) is 6.25. The first-order valence-corrected chi connectivity index (χ1v) is 10.4. The van der Waals surface area contributed by atoms with Crippen LogP contribution < -0.4 is 5.32 Å². The highest BCUT2D eigenvalue weighted by Crippen LogP contribution is 2.13. The first-order chi connectivity index (χ1) is 12.0. The van der Waals surface area contributed by atoms with Crippen LogP contribution in [-0.2, 0) is 20.4 Å². The predicted molar refractivity (Wildman–Crippen MR) is 98.8 cm³/mol. The highest BCUT2D eigenvalue weighted by Gasteiger charge is 2.13. The summed E-state index contributed by atoms with van der Waals surface area (Å²) in [5.74, 6) is 0.595. The molecule has 0 radical (unpaired) electrons. The summed E-state index contributed by atoms with van der Waals surface area (Å²) in [5, 5.41) is 11.4. The van der Waals surface area contributed by atoms with Crippen molar-refractivity contribution in [1.29, 1.82) is 5.26 Å². The van der Waals surface area contributed by atoms with Crippen LogP contribution in [0.1, 0.15) is 11.1 Å². The quantitative estimate of drug-likeness (QED) is 0.766. The van der Waals surface area contributed by atoms with Gasteiger partial charge in [0.25, 0.3) is 0 Å². The van der Waals surface area contributed by atoms with Crippen molar-refractivity contribution in [3.05, 3.63) is 65.7 Å². The lowest BCUT2D eigenvalue weighted by Crippen LogP contribution is -2.30. The van der Waals surface area contributed by atoms with Gasteiger partial charge in [-0.15, -0.1) is 11.8 Å². The van der Waals surface area contributed by atoms with Crippen molar-refractivity contribution in [3.63, 3.8) is 0 Å². The Kier molecular flexibility index (Phi) is 7.04. The molecule has 2 aromatic carbocycles. The highest BCUT2D eigenvalue weighted by molar-refractivity contribution is 7.99. The summed E-state index contributed by atoms with van der Waals surface area (Å²) in [6, 6.07) is 17.4. The lowest BCUT2D eigenvalue weighted by molar-refractivity contribution is -0.118. The van der Waals surface area contributed by atoms with E-state index in [4.69, 9.17) is 5.26 Å². The van der Waals surface area contributed by atoms with Crippen molar-refractivity contribution in [3.8, 4) is 6.07 Å². The van der Waals surface area contributed by atoms with Gasteiger partial charge in [-0.05, 0) is 29.8 Å². The van der Waals surface area contributed by atoms with E-state index in [0.717, 1.165) is 5.56 Å². The fourth-order valence-corrected chi connectivity index (χ4v) is 4.05. The Morgan fingerprint density at radius 1 is 1.08 bits per heavy atom. The van der Waals surface area contributed by atoms with Gasteiger partial charge < -0.3 is 5.32 Å². The SMILES string of the molecule is N#Cc1ccc(CSCC(=O)NCCS(=O)(=O)c2ccccc2)cc1. The van der Waals surface area contributed by atoms with Crippen LogP contribution in [0.2, 0.25) is 0 Å². The Bertz CT molecular complexity index is 842. The summed E-state index contributed by atoms with van der Waals surface area (Å²) in [6.07, 6.45) is 0. The number of hydrogen-bond acceptors (Lipinski definition) is 5. The average Bonchev–Trinajstić information content (AvgIpc) is 2.63. The molecule has 0 heterocycles. The molecule has 0 bridgehead atoms. The molecule has 7 heteroatoms. The van der Waals surface area contributed by atoms with Crippen LogP contribution in [-0.4, -0.2) is 32.4 Å². The molecule has 0 spiro atoms. The van der Waals surface area contributed by atoms with E-state index in [0.29, 0.717) is 11.3 Å². The van der Waals surface area contributed by atoms with Crippen LogP contribution in [0.3, 0.4) is 0 Å². The first-order valence-electron chi connectivity index (χ1n) is 7.62. The van der Waals surface area contributed by atoms with Crippen molar-refractivity contribution in [1.82, 2.24) is 5.32 Å². The minimum absolute atomic E-state index is 0.0908. The number of thioether (sulfide) groups is 1. The number of benzene rings is 2. The second-order valence-corrected chi connectivity index (χ2v) is 8.38. The van der Waals surface area contributed by atoms with Crippen LogP contribution in [0, 0.1) is 11.3 Å². The maximum atomic E-state index is 12.1. The number of nitrogens with zero attached hydrogens (tertiary/aromatic N) is 1. The van der Waals surface area contributed by atoms with Gasteiger partial charge in [0, 0.05) is 12.3 Å². The third-order valence-electron chi connectivity index (χ3n) is 3.38. The molecular weight excluding hydrogens is 356 g/mol. The molecule has 0 aromatic heterocycles. The average molecular weight is 374 g/mol. The van der Waals surface area contributed by atoms with E-state index in [2.05, 4.69) is 11.4 Å². The van der Waals surface area contributed by atoms with Crippen molar-refractivity contribution in [2.24, 2.45) is 0 Å². The van der Waals surface area contributed by atoms with E-state index in [1.165, 1.54) is 11.8 Å². The molecule has 0 fully saturated rings. The number of hydrogen-bond donors (Lipinski definition) is 1. The van der Waals surface area contributed by atoms with Crippen LogP contribution in [0.15, 0.2) is 59.5 Å². The third-order valence-corrected chi connectivity index (χ3v) is 6.12. The second-order valence-electron chi connectivity index (χ2n) is 5.28. The molecule has 1 N–H and O–H groups in total. The summed E-state index contributed by atoms with van der Waals surface area (Å²) < 4.78 is 24.2. The zero-order valence-corrected chi connectivity index (χ0v) is 15.1. The Labute approximate surface area is 152 Å². The molecule has 0 saturated heterocycles. The fourth-order valence-electron chi connectivity index (χ4n) is 2.06. The van der Waals surface area contributed by atoms with Crippen molar-refractivity contribution in [2.45, 2.75) is 10.6 Å². The van der Waals surface area contributed by atoms with E-state index in [1.54, 1.807) is 42.5 Å². The molecule has 5 nitrogen and oxygen atoms in total. The number of sulfone groups is 1. The van der Waals surface area contributed by atoms with Crippen molar-refractivity contribution < 1.29 is 13.2 Å². The summed E-state index contributed by atoms with van der Waals surface area (Å²) >= 11 is 1.44. The topological polar surface area (TPSA) is 87.0 Å². The summed E-state index contributed by atoms with van der Waals surface area (Å²) in [4.78, 5) is 12.0. The number of nitrogens with one attached hydrogen (secondary N) is 1. The van der Waals surface area contributed by atoms with Gasteiger partial charge in [0.15, 0.2) is 9.84 Å². The summed E-state index contributed by atoms with van der Waals surface area (Å²) in [5.41, 5.74) is 1.63. The number of nitriles is 1. The maximum absolute atomic E-state index is 12.1. The number of carbonyl (C=O) groups excluding carboxylic acids is 1. The molecular formula is C18H18N2O3S2. The lowest BCUT2D eigenvalue weighted by Gasteiger charge is -2.07.